The van der Waals surface area contributed by atoms with E-state index in [0.29, 0.717) is 0 Å². The van der Waals surface area contributed by atoms with Crippen LogP contribution in [0.4, 0.5) is 0 Å². The summed E-state index contributed by atoms with van der Waals surface area (Å²) in [6.45, 7) is 7.00. The average Bonchev–Trinajstić information content (AvgIpc) is 2.09. The first-order valence-corrected chi connectivity index (χ1v) is 4.90. The monoisotopic (exact) mass is 216 g/mol. The number of carboxylic acids is 1. The third-order valence-corrected chi connectivity index (χ3v) is 2.23. The number of hydrogen-bond acceptors (Lipinski definition) is 3. The lowest BCUT2D eigenvalue weighted by atomic mass is 9.86. The molecule has 0 aliphatic rings. The molecule has 0 saturated heterocycles. The molecule has 88 valence electrons. The third-order valence-electron chi connectivity index (χ3n) is 2.23. The molecule has 0 saturated carbocycles. The highest BCUT2D eigenvalue weighted by atomic mass is 16.4. The van der Waals surface area contributed by atoms with Crippen molar-refractivity contribution in [3.8, 4) is 0 Å². The van der Waals surface area contributed by atoms with Crippen molar-refractivity contribution in [3.63, 3.8) is 0 Å². The summed E-state index contributed by atoms with van der Waals surface area (Å²) >= 11 is 0. The summed E-state index contributed by atoms with van der Waals surface area (Å²) < 4.78 is 0. The summed E-state index contributed by atoms with van der Waals surface area (Å²) in [6, 6.07) is -1.27. The van der Waals surface area contributed by atoms with Crippen molar-refractivity contribution in [2.75, 3.05) is 7.05 Å². The predicted octanol–water partition coefficient (Wildman–Crippen LogP) is 0.210. The second-order valence-electron chi connectivity index (χ2n) is 4.66. The Morgan fingerprint density at radius 3 is 2.00 bits per heavy atom. The Kier molecular flexibility index (Phi) is 4.74. The minimum atomic E-state index is -1.01. The van der Waals surface area contributed by atoms with E-state index in [1.54, 1.807) is 34.7 Å². The summed E-state index contributed by atoms with van der Waals surface area (Å²) in [5.41, 5.74) is -0.505. The first-order valence-electron chi connectivity index (χ1n) is 4.90. The van der Waals surface area contributed by atoms with Crippen molar-refractivity contribution in [2.24, 2.45) is 5.41 Å². The van der Waals surface area contributed by atoms with Gasteiger partial charge in [0.15, 0.2) is 0 Å². The molecule has 0 aromatic carbocycles. The maximum atomic E-state index is 11.5. The molecule has 5 nitrogen and oxygen atoms in total. The van der Waals surface area contributed by atoms with E-state index in [4.69, 9.17) is 5.11 Å². The molecule has 0 aromatic rings. The van der Waals surface area contributed by atoms with E-state index in [2.05, 4.69) is 10.6 Å². The molecule has 0 heterocycles. The Hall–Kier alpha value is -1.10. The van der Waals surface area contributed by atoms with E-state index in [0.717, 1.165) is 0 Å². The van der Waals surface area contributed by atoms with Gasteiger partial charge >= 0.3 is 5.97 Å². The zero-order valence-corrected chi connectivity index (χ0v) is 9.92. The van der Waals surface area contributed by atoms with E-state index < -0.39 is 23.5 Å². The molecule has 0 aromatic heterocycles. The van der Waals surface area contributed by atoms with Crippen LogP contribution < -0.4 is 10.6 Å². The minimum Gasteiger partial charge on any atom is -0.480 e. The van der Waals surface area contributed by atoms with Crippen molar-refractivity contribution in [2.45, 2.75) is 39.8 Å². The summed E-state index contributed by atoms with van der Waals surface area (Å²) in [6.07, 6.45) is 0. The molecule has 1 unspecified atom stereocenters. The van der Waals surface area contributed by atoms with E-state index in [-0.39, 0.29) is 5.91 Å². The molecular weight excluding hydrogens is 196 g/mol. The topological polar surface area (TPSA) is 78.4 Å². The van der Waals surface area contributed by atoms with E-state index in [9.17, 15) is 9.59 Å². The molecule has 3 N–H and O–H groups in total. The van der Waals surface area contributed by atoms with Crippen LogP contribution in [0.1, 0.15) is 27.7 Å². The van der Waals surface area contributed by atoms with Gasteiger partial charge in [-0.2, -0.15) is 0 Å². The molecule has 0 radical (unpaired) electrons. The lowest BCUT2D eigenvalue weighted by Crippen LogP contribution is -2.53. The normalized spacial score (nSPS) is 15.5. The highest BCUT2D eigenvalue weighted by molar-refractivity contribution is 5.87. The summed E-state index contributed by atoms with van der Waals surface area (Å²) in [4.78, 5) is 22.5. The van der Waals surface area contributed by atoms with Crippen LogP contribution >= 0.6 is 0 Å². The molecular formula is C10H20N2O3. The van der Waals surface area contributed by atoms with Crippen molar-refractivity contribution in [3.05, 3.63) is 0 Å². The first kappa shape index (κ1) is 13.9. The maximum absolute atomic E-state index is 11.5. The van der Waals surface area contributed by atoms with Gasteiger partial charge in [0.1, 0.15) is 6.04 Å². The second kappa shape index (κ2) is 5.11. The molecule has 5 heteroatoms. The van der Waals surface area contributed by atoms with E-state index in [1.807, 2.05) is 0 Å². The van der Waals surface area contributed by atoms with Gasteiger partial charge in [-0.1, -0.05) is 20.8 Å². The van der Waals surface area contributed by atoms with E-state index >= 15 is 0 Å². The lowest BCUT2D eigenvalue weighted by molar-refractivity contribution is -0.145. The van der Waals surface area contributed by atoms with Gasteiger partial charge in [-0.05, 0) is 19.4 Å². The number of carbonyl (C=O) groups excluding carboxylic acids is 1. The largest absolute Gasteiger partial charge is 0.480 e. The summed E-state index contributed by atoms with van der Waals surface area (Å²) in [7, 11) is 1.65. The fraction of sp³-hybridized carbons (Fsp3) is 0.800. The van der Waals surface area contributed by atoms with Gasteiger partial charge < -0.3 is 15.7 Å². The first-order chi connectivity index (χ1) is 6.70. The number of hydrogen-bond donors (Lipinski definition) is 3. The van der Waals surface area contributed by atoms with Crippen LogP contribution in [0.3, 0.4) is 0 Å². The molecule has 15 heavy (non-hydrogen) atoms. The van der Waals surface area contributed by atoms with Crippen LogP contribution in [-0.2, 0) is 9.59 Å². The number of amides is 1. The van der Waals surface area contributed by atoms with Crippen LogP contribution in [0.25, 0.3) is 0 Å². The zero-order valence-electron chi connectivity index (χ0n) is 9.92. The molecule has 0 aliphatic heterocycles. The molecule has 0 rings (SSSR count). The smallest absolute Gasteiger partial charge is 0.326 e. The number of likely N-dealkylation sites (N-methyl/N-ethyl adjacent to an activating group) is 1. The predicted molar refractivity (Wildman–Crippen MR) is 57.5 cm³/mol. The molecule has 1 amide bonds. The van der Waals surface area contributed by atoms with Crippen LogP contribution in [0, 0.1) is 5.41 Å². The molecule has 0 aliphatic carbocycles. The van der Waals surface area contributed by atoms with Crippen LogP contribution in [0.2, 0.25) is 0 Å². The summed E-state index contributed by atoms with van der Waals surface area (Å²) in [5.74, 6) is -1.32. The second-order valence-corrected chi connectivity index (χ2v) is 4.66. The van der Waals surface area contributed by atoms with Crippen molar-refractivity contribution < 1.29 is 14.7 Å². The van der Waals surface area contributed by atoms with Gasteiger partial charge in [0.05, 0.1) is 6.04 Å². The van der Waals surface area contributed by atoms with Crippen molar-refractivity contribution in [1.82, 2.24) is 10.6 Å². The van der Waals surface area contributed by atoms with Gasteiger partial charge in [-0.15, -0.1) is 0 Å². The Labute approximate surface area is 90.2 Å². The third kappa shape index (κ3) is 4.29. The lowest BCUT2D eigenvalue weighted by Gasteiger charge is -2.28. The minimum absolute atomic E-state index is 0.306. The van der Waals surface area contributed by atoms with Gasteiger partial charge in [0.2, 0.25) is 5.91 Å². The number of rotatable bonds is 4. The fourth-order valence-corrected chi connectivity index (χ4v) is 1.05. The van der Waals surface area contributed by atoms with Crippen molar-refractivity contribution >= 4 is 11.9 Å². The SMILES string of the molecule is CNC(C)C(=O)N[C@@H](C(=O)O)C(C)(C)C. The number of carboxylic acid groups (broad SMARTS) is 1. The molecule has 0 bridgehead atoms. The zero-order chi connectivity index (χ0) is 12.2. The Balaban J connectivity index is 4.58. The Bertz CT molecular complexity index is 246. The van der Waals surface area contributed by atoms with Crippen LogP contribution in [-0.4, -0.2) is 36.1 Å². The standard InChI is InChI=1S/C10H20N2O3/c1-6(11-5)8(13)12-7(9(14)15)10(2,3)4/h6-7,11H,1-5H3,(H,12,13)(H,14,15)/t6?,7-/m0/s1. The summed E-state index contributed by atoms with van der Waals surface area (Å²) in [5, 5.41) is 14.2. The van der Waals surface area contributed by atoms with Crippen LogP contribution in [0.5, 0.6) is 0 Å². The van der Waals surface area contributed by atoms with Gasteiger partial charge in [-0.25, -0.2) is 4.79 Å². The molecule has 0 fully saturated rings. The van der Waals surface area contributed by atoms with Crippen molar-refractivity contribution in [1.29, 1.82) is 0 Å². The van der Waals surface area contributed by atoms with Gasteiger partial charge in [-0.3, -0.25) is 4.79 Å². The van der Waals surface area contributed by atoms with Gasteiger partial charge in [0, 0.05) is 0 Å². The fourth-order valence-electron chi connectivity index (χ4n) is 1.05. The maximum Gasteiger partial charge on any atom is 0.326 e. The Morgan fingerprint density at radius 2 is 1.73 bits per heavy atom. The number of nitrogens with one attached hydrogen (secondary N) is 2. The highest BCUT2D eigenvalue weighted by Gasteiger charge is 2.33. The number of aliphatic carboxylic acids is 1. The highest BCUT2D eigenvalue weighted by Crippen LogP contribution is 2.19. The number of carbonyl (C=O) groups is 2. The Morgan fingerprint density at radius 1 is 1.27 bits per heavy atom. The quantitative estimate of drug-likeness (QED) is 0.627. The average molecular weight is 216 g/mol. The van der Waals surface area contributed by atoms with Crippen LogP contribution in [0.15, 0.2) is 0 Å². The molecule has 0 spiro atoms. The van der Waals surface area contributed by atoms with Gasteiger partial charge in [0.25, 0.3) is 0 Å². The van der Waals surface area contributed by atoms with E-state index in [1.165, 1.54) is 0 Å². The molecule has 2 atom stereocenters.